The van der Waals surface area contributed by atoms with Crippen LogP contribution in [0.5, 0.6) is 11.5 Å². The smallest absolute Gasteiger partial charge is 0.315 e. The fraction of sp³-hybridized carbons (Fsp3) is 0.111. The number of methoxy groups -OCH3 is 1. The molecule has 28 heavy (non-hydrogen) atoms. The largest absolute Gasteiger partial charge is 0.500 e. The predicted octanol–water partition coefficient (Wildman–Crippen LogP) is 4.16. The predicted molar refractivity (Wildman–Crippen MR) is 108 cm³/mol. The normalized spacial score (nSPS) is 16.5. The quantitative estimate of drug-likeness (QED) is 0.437. The molecule has 2 N–H and O–H groups in total. The molecule has 1 fully saturated rings. The van der Waals surface area contributed by atoms with Gasteiger partial charge in [-0.1, -0.05) is 17.7 Å². The van der Waals surface area contributed by atoms with Gasteiger partial charge in [-0.05, 0) is 54.1 Å². The third-order valence-electron chi connectivity index (χ3n) is 3.83. The molecule has 0 atom stereocenters. The molecule has 144 valence electrons. The van der Waals surface area contributed by atoms with Crippen LogP contribution >= 0.6 is 23.4 Å². The van der Waals surface area contributed by atoms with E-state index >= 15 is 0 Å². The van der Waals surface area contributed by atoms with Gasteiger partial charge in [0.15, 0.2) is 10.9 Å². The number of nitrogens with zero attached hydrogens (tertiary/aromatic N) is 2. The van der Waals surface area contributed by atoms with Gasteiger partial charge < -0.3 is 15.2 Å². The Morgan fingerprint density at radius 3 is 2.75 bits per heavy atom. The van der Waals surface area contributed by atoms with Gasteiger partial charge in [-0.25, -0.2) is 4.99 Å². The molecular weight excluding hydrogens is 406 g/mol. The maximum atomic E-state index is 12.2. The summed E-state index contributed by atoms with van der Waals surface area (Å²) in [6.07, 6.45) is 1.46. The Hall–Kier alpha value is -3.04. The SMILES string of the molecule is COc1cc(/C=C2\SC(=Nc3ccc(C)c(Cl)c3)NC2=O)cc([N+](=O)[O-])c1O. The highest BCUT2D eigenvalue weighted by atomic mass is 35.5. The Kier molecular flexibility index (Phi) is 5.57. The number of nitro benzene ring substituents is 1. The number of carbonyl (C=O) groups is 1. The van der Waals surface area contributed by atoms with Crippen LogP contribution in [0.3, 0.4) is 0 Å². The summed E-state index contributed by atoms with van der Waals surface area (Å²) in [6, 6.07) is 7.84. The molecular formula is C18H14ClN3O5S. The van der Waals surface area contributed by atoms with Crippen molar-refractivity contribution in [1.29, 1.82) is 0 Å². The van der Waals surface area contributed by atoms with E-state index in [4.69, 9.17) is 16.3 Å². The number of nitro groups is 1. The summed E-state index contributed by atoms with van der Waals surface area (Å²) in [7, 11) is 1.28. The number of benzene rings is 2. The minimum atomic E-state index is -0.726. The number of phenolic OH excluding ortho intramolecular Hbond substituents is 1. The lowest BCUT2D eigenvalue weighted by Gasteiger charge is -2.05. The lowest BCUT2D eigenvalue weighted by Crippen LogP contribution is -2.19. The molecule has 8 nitrogen and oxygen atoms in total. The third kappa shape index (κ3) is 4.10. The van der Waals surface area contributed by atoms with Gasteiger partial charge in [0.2, 0.25) is 5.75 Å². The first-order chi connectivity index (χ1) is 13.3. The Bertz CT molecular complexity index is 1050. The molecule has 1 saturated heterocycles. The molecule has 0 radical (unpaired) electrons. The Balaban J connectivity index is 1.92. The van der Waals surface area contributed by atoms with Crippen LogP contribution in [-0.2, 0) is 4.79 Å². The number of carbonyl (C=O) groups excluding carboxylic acids is 1. The Morgan fingerprint density at radius 2 is 2.11 bits per heavy atom. The molecule has 0 aromatic heterocycles. The van der Waals surface area contributed by atoms with Crippen molar-refractivity contribution in [2.45, 2.75) is 6.92 Å². The topological polar surface area (TPSA) is 114 Å². The maximum absolute atomic E-state index is 12.2. The fourth-order valence-corrected chi connectivity index (χ4v) is 3.41. The molecule has 2 aromatic rings. The summed E-state index contributed by atoms with van der Waals surface area (Å²) in [4.78, 5) is 27.2. The molecule has 10 heteroatoms. The molecule has 3 rings (SSSR count). The average Bonchev–Trinajstić information content (AvgIpc) is 2.98. The second-order valence-corrected chi connectivity index (χ2v) is 7.20. The lowest BCUT2D eigenvalue weighted by molar-refractivity contribution is -0.386. The van der Waals surface area contributed by atoms with E-state index < -0.39 is 22.3 Å². The number of ether oxygens (including phenoxy) is 1. The van der Waals surface area contributed by atoms with Gasteiger partial charge in [0.1, 0.15) is 0 Å². The average molecular weight is 420 g/mol. The number of nitrogens with one attached hydrogen (secondary N) is 1. The standard InChI is InChI=1S/C18H14ClN3O5S/c1-9-3-4-11(8-12(9)19)20-18-21-17(24)15(28-18)7-10-5-13(22(25)26)16(23)14(6-10)27-2/h3-8,23H,1-2H3,(H,20,21,24)/b15-7-. The lowest BCUT2D eigenvalue weighted by atomic mass is 10.1. The van der Waals surface area contributed by atoms with Crippen LogP contribution < -0.4 is 10.1 Å². The number of amides is 1. The van der Waals surface area contributed by atoms with Gasteiger partial charge >= 0.3 is 5.69 Å². The van der Waals surface area contributed by atoms with Crippen LogP contribution in [0.1, 0.15) is 11.1 Å². The van der Waals surface area contributed by atoms with E-state index in [0.29, 0.717) is 26.3 Å². The van der Waals surface area contributed by atoms with Crippen molar-refractivity contribution in [3.05, 3.63) is 61.5 Å². The molecule has 1 aliphatic rings. The van der Waals surface area contributed by atoms with Gasteiger partial charge in [0.05, 0.1) is 22.6 Å². The summed E-state index contributed by atoms with van der Waals surface area (Å²) in [6.45, 7) is 1.87. The molecule has 1 amide bonds. The number of aromatic hydroxyl groups is 1. The molecule has 0 unspecified atom stereocenters. The number of phenols is 1. The summed E-state index contributed by atoms with van der Waals surface area (Å²) >= 11 is 7.17. The van der Waals surface area contributed by atoms with Crippen LogP contribution in [0.25, 0.3) is 6.08 Å². The maximum Gasteiger partial charge on any atom is 0.315 e. The van der Waals surface area contributed by atoms with Crippen molar-refractivity contribution in [3.63, 3.8) is 0 Å². The van der Waals surface area contributed by atoms with Crippen molar-refractivity contribution >= 4 is 51.9 Å². The Morgan fingerprint density at radius 1 is 1.36 bits per heavy atom. The van der Waals surface area contributed by atoms with E-state index in [1.165, 1.54) is 19.3 Å². The number of rotatable bonds is 4. The first-order valence-corrected chi connectivity index (χ1v) is 9.09. The minimum Gasteiger partial charge on any atom is -0.500 e. The zero-order valence-electron chi connectivity index (χ0n) is 14.7. The molecule has 2 aromatic carbocycles. The number of halogens is 1. The van der Waals surface area contributed by atoms with E-state index in [1.54, 1.807) is 12.1 Å². The van der Waals surface area contributed by atoms with Crippen molar-refractivity contribution in [3.8, 4) is 11.5 Å². The highest BCUT2D eigenvalue weighted by Gasteiger charge is 2.25. The number of hydrogen-bond donors (Lipinski definition) is 2. The summed E-state index contributed by atoms with van der Waals surface area (Å²) < 4.78 is 4.96. The minimum absolute atomic E-state index is 0.0624. The van der Waals surface area contributed by atoms with E-state index in [1.807, 2.05) is 13.0 Å². The van der Waals surface area contributed by atoms with E-state index in [2.05, 4.69) is 10.3 Å². The second kappa shape index (κ2) is 7.91. The Labute approximate surface area is 169 Å². The van der Waals surface area contributed by atoms with E-state index in [-0.39, 0.29) is 5.75 Å². The second-order valence-electron chi connectivity index (χ2n) is 5.76. The van der Waals surface area contributed by atoms with Crippen LogP contribution in [0.15, 0.2) is 40.2 Å². The van der Waals surface area contributed by atoms with Crippen molar-refractivity contribution in [1.82, 2.24) is 5.32 Å². The summed E-state index contributed by atoms with van der Waals surface area (Å²) in [5.74, 6) is -1.03. The number of aliphatic imine (C=N–C) groups is 1. The first kappa shape index (κ1) is 19.7. The highest BCUT2D eigenvalue weighted by molar-refractivity contribution is 8.18. The molecule has 0 aliphatic carbocycles. The van der Waals surface area contributed by atoms with Crippen LogP contribution in [-0.4, -0.2) is 28.2 Å². The number of amidine groups is 1. The van der Waals surface area contributed by atoms with E-state index in [0.717, 1.165) is 23.4 Å². The van der Waals surface area contributed by atoms with E-state index in [9.17, 15) is 20.0 Å². The number of thioether (sulfide) groups is 1. The zero-order valence-corrected chi connectivity index (χ0v) is 16.3. The van der Waals surface area contributed by atoms with Gasteiger partial charge in [-0.3, -0.25) is 14.9 Å². The molecule has 1 aliphatic heterocycles. The monoisotopic (exact) mass is 419 g/mol. The fourth-order valence-electron chi connectivity index (χ4n) is 2.39. The van der Waals surface area contributed by atoms with Crippen LogP contribution in [0.2, 0.25) is 5.02 Å². The molecule has 0 bridgehead atoms. The number of aryl methyl sites for hydroxylation is 1. The first-order valence-electron chi connectivity index (χ1n) is 7.89. The molecule has 0 saturated carbocycles. The van der Waals surface area contributed by atoms with Crippen LogP contribution in [0.4, 0.5) is 11.4 Å². The van der Waals surface area contributed by atoms with Crippen molar-refractivity contribution in [2.24, 2.45) is 4.99 Å². The van der Waals surface area contributed by atoms with Gasteiger partial charge in [0, 0.05) is 11.1 Å². The third-order valence-corrected chi connectivity index (χ3v) is 5.15. The summed E-state index contributed by atoms with van der Waals surface area (Å²) in [5.41, 5.74) is 1.31. The highest BCUT2D eigenvalue weighted by Crippen LogP contribution is 2.38. The van der Waals surface area contributed by atoms with Crippen molar-refractivity contribution < 1.29 is 19.6 Å². The summed E-state index contributed by atoms with van der Waals surface area (Å²) in [5, 5.41) is 24.5. The molecule has 0 spiro atoms. The van der Waals surface area contributed by atoms with Gasteiger partial charge in [-0.2, -0.15) is 0 Å². The molecule has 1 heterocycles. The van der Waals surface area contributed by atoms with Crippen molar-refractivity contribution in [2.75, 3.05) is 7.11 Å². The number of hydrogen-bond acceptors (Lipinski definition) is 7. The van der Waals surface area contributed by atoms with Crippen LogP contribution in [0, 0.1) is 17.0 Å². The zero-order chi connectivity index (χ0) is 20.4. The van der Waals surface area contributed by atoms with Gasteiger partial charge in [-0.15, -0.1) is 0 Å². The van der Waals surface area contributed by atoms with Gasteiger partial charge in [0.25, 0.3) is 5.91 Å².